The van der Waals surface area contributed by atoms with E-state index < -0.39 is 39.5 Å². The average Bonchev–Trinajstić information content (AvgIpc) is 3.77. The summed E-state index contributed by atoms with van der Waals surface area (Å²) in [5, 5.41) is 17.8. The number of carbonyl (C=O) groups is 2. The summed E-state index contributed by atoms with van der Waals surface area (Å²) < 4.78 is 34.6. The fourth-order valence-electron chi connectivity index (χ4n) is 6.56. The van der Waals surface area contributed by atoms with Gasteiger partial charge >= 0.3 is 6.03 Å². The highest BCUT2D eigenvalue weighted by atomic mass is 32.2. The molecule has 1 aliphatic rings. The number of aliphatic hydroxyl groups excluding tert-OH is 1. The minimum absolute atomic E-state index is 0.0725. The van der Waals surface area contributed by atoms with Gasteiger partial charge in [0.1, 0.15) is 16.8 Å². The number of carbonyl (C=O) groups excluding carboxylic acids is 2. The number of hydrogen-bond donors (Lipinski definition) is 2. The van der Waals surface area contributed by atoms with Gasteiger partial charge < -0.3 is 25.0 Å². The largest absolute Gasteiger partial charge is 0.497 e. The summed E-state index contributed by atoms with van der Waals surface area (Å²) in [7, 11) is -2.54. The topological polar surface area (TPSA) is 145 Å². The molecule has 0 spiro atoms. The number of amides is 3. The Hall–Kier alpha value is -4.37. The highest BCUT2D eigenvalue weighted by molar-refractivity contribution is 7.89. The normalized spacial score (nSPS) is 16.0. The lowest BCUT2D eigenvalue weighted by Gasteiger charge is -2.35. The fraction of sp³-hybridized carbons (Fsp3) is 0.450. The summed E-state index contributed by atoms with van der Waals surface area (Å²) in [6.07, 6.45) is 3.06. The Morgan fingerprint density at radius 1 is 1.07 bits per heavy atom. The van der Waals surface area contributed by atoms with Crippen LogP contribution in [0.1, 0.15) is 52.3 Å². The van der Waals surface area contributed by atoms with Gasteiger partial charge in [0.15, 0.2) is 0 Å². The number of urea groups is 1. The molecule has 1 fully saturated rings. The van der Waals surface area contributed by atoms with Crippen molar-refractivity contribution in [3.8, 4) is 16.3 Å². The van der Waals surface area contributed by atoms with Crippen LogP contribution in [-0.2, 0) is 27.8 Å². The zero-order chi connectivity index (χ0) is 39.0. The summed E-state index contributed by atoms with van der Waals surface area (Å²) in [5.41, 5.74) is 2.08. The molecule has 0 aliphatic carbocycles. The van der Waals surface area contributed by atoms with Crippen molar-refractivity contribution in [1.82, 2.24) is 29.4 Å². The molecule has 12 nitrogen and oxygen atoms in total. The number of methoxy groups -OCH3 is 1. The van der Waals surface area contributed by atoms with Gasteiger partial charge in [-0.15, -0.1) is 11.3 Å². The number of thiazole rings is 1. The van der Waals surface area contributed by atoms with E-state index in [1.54, 1.807) is 34.3 Å². The van der Waals surface area contributed by atoms with E-state index in [1.807, 2.05) is 82.5 Å². The molecule has 2 N–H and O–H groups in total. The molecule has 14 heteroatoms. The Morgan fingerprint density at radius 2 is 1.80 bits per heavy atom. The van der Waals surface area contributed by atoms with Crippen LogP contribution in [0.15, 0.2) is 89.4 Å². The Kier molecular flexibility index (Phi) is 13.5. The van der Waals surface area contributed by atoms with E-state index in [-0.39, 0.29) is 36.4 Å². The number of benzene rings is 2. The molecule has 4 aromatic rings. The van der Waals surface area contributed by atoms with Crippen molar-refractivity contribution in [1.29, 1.82) is 0 Å². The molecule has 2 aromatic heterocycles. The van der Waals surface area contributed by atoms with E-state index in [2.05, 4.69) is 10.3 Å². The standard InChI is InChI=1S/C40H52N6O6S2/c1-7-28(2)36(46-21-20-44(39(46)49)24-31-26-53-38(42-31)30-14-11-19-41-23-30)37(48)43-34(22-29-12-9-8-10-13-29)35(47)25-45(27-40(3,4)5)54(50,51)33-17-15-32(52-6)16-18-33/h8-19,23,26,28,34-36,47H,7,20-22,24-25,27H2,1-6H3,(H,43,48)/t28?,34-,35+,36?/m0/s1. The van der Waals surface area contributed by atoms with Crippen molar-refractivity contribution < 1.29 is 27.9 Å². The number of rotatable bonds is 17. The lowest BCUT2D eigenvalue weighted by atomic mass is 9.94. The molecule has 1 saturated heterocycles. The summed E-state index contributed by atoms with van der Waals surface area (Å²) in [4.78, 5) is 40.6. The van der Waals surface area contributed by atoms with Crippen LogP contribution in [-0.4, -0.2) is 101 Å². The summed E-state index contributed by atoms with van der Waals surface area (Å²) >= 11 is 1.49. The van der Waals surface area contributed by atoms with Crippen molar-refractivity contribution in [2.24, 2.45) is 11.3 Å². The van der Waals surface area contributed by atoms with Crippen molar-refractivity contribution in [3.05, 3.63) is 95.8 Å². The summed E-state index contributed by atoms with van der Waals surface area (Å²) in [6, 6.07) is 17.5. The van der Waals surface area contributed by atoms with Crippen molar-refractivity contribution in [2.75, 3.05) is 33.3 Å². The van der Waals surface area contributed by atoms with Gasteiger partial charge in [-0.05, 0) is 59.7 Å². The van der Waals surface area contributed by atoms with Gasteiger partial charge in [-0.25, -0.2) is 18.2 Å². The number of pyridine rings is 1. The molecule has 1 aliphatic heterocycles. The Morgan fingerprint density at radius 3 is 2.43 bits per heavy atom. The van der Waals surface area contributed by atoms with Crippen LogP contribution in [0.2, 0.25) is 0 Å². The fourth-order valence-corrected chi connectivity index (χ4v) is 9.05. The van der Waals surface area contributed by atoms with Gasteiger partial charge in [-0.3, -0.25) is 9.78 Å². The molecule has 3 amide bonds. The van der Waals surface area contributed by atoms with Gasteiger partial charge in [-0.1, -0.05) is 71.4 Å². The molecule has 2 aromatic carbocycles. The van der Waals surface area contributed by atoms with Gasteiger partial charge in [0.05, 0.1) is 36.4 Å². The van der Waals surface area contributed by atoms with Crippen LogP contribution < -0.4 is 10.1 Å². The minimum atomic E-state index is -4.05. The highest BCUT2D eigenvalue weighted by Gasteiger charge is 2.41. The predicted octanol–water partition coefficient (Wildman–Crippen LogP) is 5.69. The number of ether oxygens (including phenoxy) is 1. The van der Waals surface area contributed by atoms with E-state index in [1.165, 1.54) is 34.9 Å². The lowest BCUT2D eigenvalue weighted by molar-refractivity contribution is -0.128. The molecular weight excluding hydrogens is 725 g/mol. The van der Waals surface area contributed by atoms with Crippen molar-refractivity contribution in [3.63, 3.8) is 0 Å². The Bertz CT molecular complexity index is 1940. The number of nitrogens with one attached hydrogen (secondary N) is 1. The zero-order valence-electron chi connectivity index (χ0n) is 31.9. The molecule has 4 atom stereocenters. The van der Waals surface area contributed by atoms with Gasteiger partial charge in [-0.2, -0.15) is 4.31 Å². The third kappa shape index (κ3) is 10.2. The smallest absolute Gasteiger partial charge is 0.321 e. The first-order chi connectivity index (χ1) is 25.7. The van der Waals surface area contributed by atoms with E-state index in [0.717, 1.165) is 21.8 Å². The van der Waals surface area contributed by atoms with Crippen LogP contribution in [0.25, 0.3) is 10.6 Å². The molecule has 0 radical (unpaired) electrons. The number of sulfonamides is 1. The number of aromatic nitrogens is 2. The van der Waals surface area contributed by atoms with Crippen LogP contribution in [0.5, 0.6) is 5.75 Å². The van der Waals surface area contributed by atoms with Gasteiger partial charge in [0.2, 0.25) is 15.9 Å². The molecule has 2 unspecified atom stereocenters. The molecule has 54 heavy (non-hydrogen) atoms. The third-order valence-electron chi connectivity index (χ3n) is 9.56. The number of nitrogens with zero attached hydrogens (tertiary/aromatic N) is 5. The molecular formula is C40H52N6O6S2. The maximum atomic E-state index is 14.4. The van der Waals surface area contributed by atoms with Crippen LogP contribution in [0.4, 0.5) is 4.79 Å². The second kappa shape index (κ2) is 17.8. The second-order valence-corrected chi connectivity index (χ2v) is 17.8. The quantitative estimate of drug-likeness (QED) is 0.139. The molecule has 3 heterocycles. The van der Waals surface area contributed by atoms with E-state index >= 15 is 0 Å². The number of aliphatic hydroxyl groups is 1. The molecule has 0 bridgehead atoms. The third-order valence-corrected chi connectivity index (χ3v) is 12.3. The monoisotopic (exact) mass is 776 g/mol. The van der Waals surface area contributed by atoms with Gasteiger partial charge in [0.25, 0.3) is 0 Å². The summed E-state index contributed by atoms with van der Waals surface area (Å²) in [6.45, 7) is 10.7. The van der Waals surface area contributed by atoms with Crippen LogP contribution in [0, 0.1) is 11.3 Å². The van der Waals surface area contributed by atoms with E-state index in [4.69, 9.17) is 9.72 Å². The Balaban J connectivity index is 1.37. The first-order valence-corrected chi connectivity index (χ1v) is 20.6. The number of hydrogen-bond acceptors (Lipinski definition) is 9. The summed E-state index contributed by atoms with van der Waals surface area (Å²) in [5.74, 6) is -0.0734. The first-order valence-electron chi connectivity index (χ1n) is 18.3. The van der Waals surface area contributed by atoms with Crippen LogP contribution in [0.3, 0.4) is 0 Å². The predicted molar refractivity (Wildman–Crippen MR) is 210 cm³/mol. The van der Waals surface area contributed by atoms with Crippen molar-refractivity contribution in [2.45, 2.75) is 77.1 Å². The van der Waals surface area contributed by atoms with Crippen molar-refractivity contribution >= 4 is 33.3 Å². The minimum Gasteiger partial charge on any atom is -0.497 e. The maximum Gasteiger partial charge on any atom is 0.321 e. The highest BCUT2D eigenvalue weighted by Crippen LogP contribution is 2.28. The van der Waals surface area contributed by atoms with Gasteiger partial charge in [0, 0.05) is 49.5 Å². The van der Waals surface area contributed by atoms with E-state index in [0.29, 0.717) is 31.8 Å². The Labute approximate surface area is 323 Å². The second-order valence-electron chi connectivity index (χ2n) is 15.0. The van der Waals surface area contributed by atoms with E-state index in [9.17, 15) is 23.1 Å². The molecule has 0 saturated carbocycles. The van der Waals surface area contributed by atoms with Crippen LogP contribution >= 0.6 is 11.3 Å². The lowest BCUT2D eigenvalue weighted by Crippen LogP contribution is -2.57. The SMILES string of the molecule is CCC(C)C(C(=O)N[C@@H](Cc1ccccc1)[C@H](O)CN(CC(C)(C)C)S(=O)(=O)c1ccc(OC)cc1)N1CCN(Cc2csc(-c3cccnc3)n2)C1=O. The molecule has 5 rings (SSSR count). The zero-order valence-corrected chi connectivity index (χ0v) is 33.5. The first kappa shape index (κ1) is 40.8. The molecule has 290 valence electrons. The average molecular weight is 777 g/mol. The maximum absolute atomic E-state index is 14.4.